The van der Waals surface area contributed by atoms with Gasteiger partial charge in [0.25, 0.3) is 5.91 Å². The van der Waals surface area contributed by atoms with Crippen LogP contribution in [0.2, 0.25) is 0 Å². The molecule has 3 aromatic carbocycles. The van der Waals surface area contributed by atoms with Crippen LogP contribution in [0.25, 0.3) is 0 Å². The molecule has 11 aliphatic rings. The van der Waals surface area contributed by atoms with Gasteiger partial charge in [-0.05, 0) is 239 Å². The first-order valence-electron chi connectivity index (χ1n) is 50.9. The zero-order chi connectivity index (χ0) is 89.9. The number of halogens is 1. The van der Waals surface area contributed by atoms with Crippen LogP contribution < -0.4 is 47.9 Å². The number of nitrogens with zero attached hydrogens (tertiary/aromatic N) is 9. The summed E-state index contributed by atoms with van der Waals surface area (Å²) in [6.07, 6.45) is 56.5. The fourth-order valence-corrected chi connectivity index (χ4v) is 19.0. The van der Waals surface area contributed by atoms with Crippen molar-refractivity contribution in [1.82, 2.24) is 51.9 Å². The maximum absolute atomic E-state index is 12.5. The van der Waals surface area contributed by atoms with E-state index in [2.05, 4.69) is 149 Å². The number of hydrogen-bond donors (Lipinski definition) is 10. The van der Waals surface area contributed by atoms with Crippen LogP contribution in [-0.4, -0.2) is 205 Å². The van der Waals surface area contributed by atoms with E-state index in [1.807, 2.05) is 63.2 Å². The number of alkyl carbamates (subject to hydrolysis) is 1. The monoisotopic (exact) mass is 1820 g/mol. The van der Waals surface area contributed by atoms with Crippen LogP contribution in [0.3, 0.4) is 0 Å². The summed E-state index contributed by atoms with van der Waals surface area (Å²) < 4.78 is 17.5. The van der Waals surface area contributed by atoms with Gasteiger partial charge in [-0.1, -0.05) is 207 Å². The molecule has 14 rings (SSSR count). The van der Waals surface area contributed by atoms with Crippen LogP contribution in [0.15, 0.2) is 113 Å². The standard InChI is InChI=1S/C20H29N3O.C19H28BrN3.C19H29N3O.C18H33N3O2.C15H27N3O2.C11H25N3/c24-19(16-10-4-1-5-11-16)23-20(21-17-12-6-2-7-13-17)22-18-14-8-3-9-15-18;20-15-11-13-18(14-12-15)23-19(21-16-7-3-1-4-8-16)22-17-9-5-2-6-10-17;23-18-13-11-17(12-14-18)22-19(20-15-7-3-1-4-8-15)21-16-9-5-2-6-10-16;1-18(2,3)23-17(22)21-16(19-14-10-6-4-7-11-14)20-15-12-8-5-9-13-15;1-2-4-14(5-3-1)16-15(17-6-10-19-11-7-17)18-8-12-20-13-9-18;1-7-14(8-2)11(12-9(3)4)13-10(5)6/h1,4-5,10-11,17-18H,2-3,6-9,12-15H2,(H2,21,22,23,24);11-14,16-17H,1-10H2,(H2,21,22,23);11-16,23H,1-10H2,(H2,20,21,22);14-15H,4-13H2,1-3H3,(H2,19,20,21,22);14H,1-13H2;9-10H,7-8H2,1-6H3,(H,12,13). The summed E-state index contributed by atoms with van der Waals surface area (Å²) in [6.45, 7) is 27.6. The Kier molecular flexibility index (Phi) is 48.7. The number of benzene rings is 3. The molecule has 0 atom stereocenters. The number of hydrogen-bond acceptors (Lipinski definition) is 12. The Morgan fingerprint density at radius 1 is 0.433 bits per heavy atom. The van der Waals surface area contributed by atoms with Crippen molar-refractivity contribution in [3.63, 3.8) is 0 Å². The summed E-state index contributed by atoms with van der Waals surface area (Å²) in [7, 11) is 0. The van der Waals surface area contributed by atoms with Crippen LogP contribution in [0.5, 0.6) is 5.75 Å². The zero-order valence-corrected chi connectivity index (χ0v) is 81.7. The Bertz CT molecular complexity index is 3520. The number of morpholine rings is 2. The van der Waals surface area contributed by atoms with Gasteiger partial charge in [0.05, 0.1) is 56.6 Å². The molecule has 0 bridgehead atoms. The Morgan fingerprint density at radius 2 is 0.748 bits per heavy atom. The number of ether oxygens (including phenoxy) is 3. The number of carbonyl (C=O) groups is 2. The average Bonchev–Trinajstić information content (AvgIpc) is 0.844. The van der Waals surface area contributed by atoms with Crippen molar-refractivity contribution in [2.45, 2.75) is 423 Å². The number of rotatable bonds is 16. The summed E-state index contributed by atoms with van der Waals surface area (Å²) in [4.78, 5) is 61.1. The highest BCUT2D eigenvalue weighted by Crippen LogP contribution is 2.29. The molecule has 24 nitrogen and oxygen atoms in total. The molecule has 3 aromatic rings. The van der Waals surface area contributed by atoms with E-state index in [4.69, 9.17) is 39.2 Å². The molecule has 2 aliphatic heterocycles. The predicted molar refractivity (Wildman–Crippen MR) is 533 cm³/mol. The van der Waals surface area contributed by atoms with E-state index in [0.29, 0.717) is 89.7 Å². The molecule has 0 radical (unpaired) electrons. The Morgan fingerprint density at radius 3 is 1.08 bits per heavy atom. The predicted octanol–water partition coefficient (Wildman–Crippen LogP) is 21.5. The average molecular weight is 1830 g/mol. The number of phenolic OH excluding ortho intramolecular Hbond substituents is 1. The van der Waals surface area contributed by atoms with Gasteiger partial charge in [-0.25, -0.2) is 29.8 Å². The minimum atomic E-state index is -0.495. The van der Waals surface area contributed by atoms with E-state index in [0.717, 1.165) is 138 Å². The van der Waals surface area contributed by atoms with Gasteiger partial charge < -0.3 is 71.2 Å². The summed E-state index contributed by atoms with van der Waals surface area (Å²) in [5.41, 5.74) is 2.26. The second-order valence-corrected chi connectivity index (χ2v) is 39.6. The smallest absolute Gasteiger partial charge is 0.414 e. The van der Waals surface area contributed by atoms with Crippen LogP contribution in [0, 0.1) is 0 Å². The van der Waals surface area contributed by atoms with Crippen molar-refractivity contribution in [3.8, 4) is 5.75 Å². The molecule has 0 spiro atoms. The minimum Gasteiger partial charge on any atom is -0.508 e. The lowest BCUT2D eigenvalue weighted by molar-refractivity contribution is 0.0415. The number of carbonyl (C=O) groups excluding carboxylic acids is 2. The van der Waals surface area contributed by atoms with Crippen LogP contribution in [-0.2, 0) is 14.2 Å². The summed E-state index contributed by atoms with van der Waals surface area (Å²) in [5, 5.41) is 40.0. The summed E-state index contributed by atoms with van der Waals surface area (Å²) >= 11 is 3.50. The van der Waals surface area contributed by atoms with E-state index >= 15 is 0 Å². The highest BCUT2D eigenvalue weighted by molar-refractivity contribution is 9.10. The molecule has 0 unspecified atom stereocenters. The van der Waals surface area contributed by atoms with Crippen molar-refractivity contribution in [3.05, 3.63) is 88.9 Å². The van der Waals surface area contributed by atoms with Crippen LogP contribution >= 0.6 is 15.9 Å². The van der Waals surface area contributed by atoms with Gasteiger partial charge in [-0.2, -0.15) is 0 Å². The highest BCUT2D eigenvalue weighted by Gasteiger charge is 2.29. The van der Waals surface area contributed by atoms with Crippen molar-refractivity contribution >= 4 is 75.1 Å². The minimum absolute atomic E-state index is 0.0755. The second-order valence-electron chi connectivity index (χ2n) is 38.7. The lowest BCUT2D eigenvalue weighted by atomic mass is 9.95. The number of amides is 2. The Balaban J connectivity index is 0.000000173. The number of nitrogens with one attached hydrogen (secondary N) is 9. The lowest BCUT2D eigenvalue weighted by Crippen LogP contribution is -2.52. The second kappa shape index (κ2) is 59.8. The number of aromatic hydroxyl groups is 1. The van der Waals surface area contributed by atoms with E-state index in [1.165, 1.54) is 256 Å². The fraction of sp³-hybridized carbons (Fsp3) is 0.745. The SMILES string of the molecule is Brc1ccc(NC(=NC2CCCCC2)NC2CCCCC2)cc1.C1CCC(N=C(N2CCOCC2)N2CCOCC2)CC1.CC(C)(C)OC(=O)NC(=NC1CCCCC1)NC1CCCCC1.CCN(CC)C(=NC(C)C)NC(C)C.O=C(NC(=NC1CCCCC1)NC1CCCCC1)c1ccccc1.Oc1ccc(NC(=NC2CCCCC2)NC2CCCCC2)cc1. The van der Waals surface area contributed by atoms with Gasteiger partial charge in [0.15, 0.2) is 29.8 Å². The van der Waals surface area contributed by atoms with Crippen LogP contribution in [0.4, 0.5) is 16.2 Å². The van der Waals surface area contributed by atoms with Gasteiger partial charge in [0, 0.05) is 96.9 Å². The number of aliphatic imine (C=N–C) groups is 6. The largest absolute Gasteiger partial charge is 0.508 e. The third-order valence-electron chi connectivity index (χ3n) is 25.8. The molecule has 2 heterocycles. The molecule has 2 amide bonds. The van der Waals surface area contributed by atoms with Crippen molar-refractivity contribution in [1.29, 1.82) is 0 Å². The number of phenols is 1. The van der Waals surface area contributed by atoms with Crippen molar-refractivity contribution in [2.75, 3.05) is 76.3 Å². The van der Waals surface area contributed by atoms with Gasteiger partial charge in [-0.3, -0.25) is 20.4 Å². The lowest BCUT2D eigenvalue weighted by Gasteiger charge is -2.39. The molecule has 2 saturated heterocycles. The normalized spacial score (nSPS) is 20.9. The highest BCUT2D eigenvalue weighted by atomic mass is 79.9. The fourth-order valence-electron chi connectivity index (χ4n) is 18.8. The first-order valence-corrected chi connectivity index (χ1v) is 51.7. The Labute approximate surface area is 775 Å². The van der Waals surface area contributed by atoms with E-state index < -0.39 is 11.7 Å². The van der Waals surface area contributed by atoms with Crippen molar-refractivity contribution < 1.29 is 28.9 Å². The first-order chi connectivity index (χ1) is 61.8. The molecular weight excluding hydrogens is 1650 g/mol. The summed E-state index contributed by atoms with van der Waals surface area (Å²) in [6, 6.07) is 29.8. The first kappa shape index (κ1) is 103. The molecule has 0 aromatic heterocycles. The molecule has 11 fully saturated rings. The van der Waals surface area contributed by atoms with Crippen molar-refractivity contribution in [2.24, 2.45) is 30.0 Å². The maximum atomic E-state index is 12.5. The molecule has 10 N–H and O–H groups in total. The molecule has 9 saturated carbocycles. The van der Waals surface area contributed by atoms with Gasteiger partial charge >= 0.3 is 6.09 Å². The van der Waals surface area contributed by atoms with Crippen LogP contribution in [0.1, 0.15) is 362 Å². The zero-order valence-electron chi connectivity index (χ0n) is 80.1. The Hall–Kier alpha value is -7.38. The molecule has 9 aliphatic carbocycles. The number of guanidine groups is 6. The molecular formula is C102H171BrN18O6. The number of anilines is 2. The maximum Gasteiger partial charge on any atom is 0.414 e. The van der Waals surface area contributed by atoms with Gasteiger partial charge in [-0.15, -0.1) is 0 Å². The third-order valence-corrected chi connectivity index (χ3v) is 26.3. The van der Waals surface area contributed by atoms with Gasteiger partial charge in [0.2, 0.25) is 5.96 Å². The third kappa shape index (κ3) is 43.0. The quantitative estimate of drug-likeness (QED) is 0.0363. The van der Waals surface area contributed by atoms with Gasteiger partial charge in [0.1, 0.15) is 11.4 Å². The van der Waals surface area contributed by atoms with E-state index in [1.54, 1.807) is 12.1 Å². The molecule has 127 heavy (non-hydrogen) atoms. The molecule has 712 valence electrons. The summed E-state index contributed by atoms with van der Waals surface area (Å²) in [5.74, 6) is 5.64. The van der Waals surface area contributed by atoms with E-state index in [-0.39, 0.29) is 5.91 Å². The van der Waals surface area contributed by atoms with E-state index in [9.17, 15) is 14.7 Å². The molecule has 25 heteroatoms. The topological polar surface area (TPSA) is 274 Å².